The highest BCUT2D eigenvalue weighted by atomic mass is 79.9. The van der Waals surface area contributed by atoms with Crippen LogP contribution in [0, 0.1) is 0 Å². The highest BCUT2D eigenvalue weighted by Gasteiger charge is 2.44. The molecule has 0 aliphatic carbocycles. The number of fused-ring (bicyclic) bond motifs is 3. The third kappa shape index (κ3) is 4.07. The largest absolute Gasteiger partial charge is 0.480 e. The Kier molecular flexibility index (Phi) is 5.77. The van der Waals surface area contributed by atoms with Gasteiger partial charge in [-0.05, 0) is 47.5 Å². The van der Waals surface area contributed by atoms with Crippen LogP contribution in [-0.2, 0) is 9.84 Å². The van der Waals surface area contributed by atoms with E-state index in [-0.39, 0.29) is 11.9 Å². The van der Waals surface area contributed by atoms with Crippen molar-refractivity contribution in [3.63, 3.8) is 0 Å². The second kappa shape index (κ2) is 8.86. The predicted molar refractivity (Wildman–Crippen MR) is 145 cm³/mol. The lowest BCUT2D eigenvalue weighted by Gasteiger charge is -2.43. The number of nitrogens with zero attached hydrogens (tertiary/aromatic N) is 4. The zero-order valence-corrected chi connectivity index (χ0v) is 23.0. The Morgan fingerprint density at radius 2 is 1.56 bits per heavy atom. The van der Waals surface area contributed by atoms with E-state index in [4.69, 9.17) is 4.74 Å². The van der Waals surface area contributed by atoms with Gasteiger partial charge in [0.2, 0.25) is 5.95 Å². The summed E-state index contributed by atoms with van der Waals surface area (Å²) in [4.78, 5) is 6.26. The first kappa shape index (κ1) is 23.4. The zero-order chi connectivity index (χ0) is 25.0. The van der Waals surface area contributed by atoms with Gasteiger partial charge in [-0.2, -0.15) is 10.1 Å². The topological polar surface area (TPSA) is 77.3 Å². The Morgan fingerprint density at radius 1 is 0.917 bits per heavy atom. The van der Waals surface area contributed by atoms with Crippen molar-refractivity contribution in [3.05, 3.63) is 110 Å². The summed E-state index contributed by atoms with van der Waals surface area (Å²) in [7, 11) is -3.42. The number of hydrogen-bond donors (Lipinski definition) is 0. The minimum absolute atomic E-state index is 0.237. The van der Waals surface area contributed by atoms with Gasteiger partial charge < -0.3 is 4.74 Å². The van der Waals surface area contributed by atoms with E-state index in [0.717, 1.165) is 36.9 Å². The zero-order valence-electron chi connectivity index (χ0n) is 19.0. The monoisotopic (exact) mass is 626 g/mol. The predicted octanol–water partition coefficient (Wildman–Crippen LogP) is 5.76. The first-order chi connectivity index (χ1) is 17.3. The van der Waals surface area contributed by atoms with Crippen molar-refractivity contribution in [3.8, 4) is 5.75 Å². The summed E-state index contributed by atoms with van der Waals surface area (Å²) < 4.78 is 35.6. The molecular weight excluding hydrogens is 608 g/mol. The summed E-state index contributed by atoms with van der Waals surface area (Å²) in [5.41, 5.74) is 4.44. The third-order valence-corrected chi connectivity index (χ3v) is 8.05. The molecule has 4 aromatic rings. The van der Waals surface area contributed by atoms with E-state index >= 15 is 0 Å². The van der Waals surface area contributed by atoms with Crippen molar-refractivity contribution < 1.29 is 13.2 Å². The minimum Gasteiger partial charge on any atom is -0.480 e. The van der Waals surface area contributed by atoms with Crippen molar-refractivity contribution in [1.82, 2.24) is 14.8 Å². The van der Waals surface area contributed by atoms with Crippen LogP contribution in [0.2, 0.25) is 0 Å². The fourth-order valence-electron chi connectivity index (χ4n) is 4.87. The average Bonchev–Trinajstić information content (AvgIpc) is 3.34. The van der Waals surface area contributed by atoms with Crippen LogP contribution in [0.4, 0.5) is 5.95 Å². The molecule has 7 nitrogen and oxygen atoms in total. The van der Waals surface area contributed by atoms with Crippen LogP contribution in [0.1, 0.15) is 28.8 Å². The van der Waals surface area contributed by atoms with Crippen LogP contribution in [0.25, 0.3) is 5.70 Å². The first-order valence-corrected chi connectivity index (χ1v) is 14.8. The molecule has 2 unspecified atom stereocenters. The molecule has 0 fully saturated rings. The molecule has 0 spiro atoms. The molecule has 0 N–H and O–H groups in total. The molecule has 36 heavy (non-hydrogen) atoms. The van der Waals surface area contributed by atoms with Crippen molar-refractivity contribution in [1.29, 1.82) is 0 Å². The fourth-order valence-corrected chi connectivity index (χ4v) is 6.11. The number of hydrogen-bond acceptors (Lipinski definition) is 6. The van der Waals surface area contributed by atoms with Gasteiger partial charge in [0.05, 0.1) is 5.70 Å². The Labute approximate surface area is 225 Å². The van der Waals surface area contributed by atoms with Gasteiger partial charge in [-0.3, -0.25) is 4.90 Å². The molecule has 0 bridgehead atoms. The molecule has 0 amide bonds. The van der Waals surface area contributed by atoms with Crippen LogP contribution in [0.5, 0.6) is 5.75 Å². The van der Waals surface area contributed by atoms with Gasteiger partial charge >= 0.3 is 0 Å². The lowest BCUT2D eigenvalue weighted by Crippen LogP contribution is -2.40. The number of ether oxygens (including phenoxy) is 1. The number of anilines is 1. The van der Waals surface area contributed by atoms with E-state index in [1.54, 1.807) is 9.58 Å². The molecular formula is C26H20Br2N4O3S. The van der Waals surface area contributed by atoms with Crippen LogP contribution in [0.15, 0.2) is 93.6 Å². The fraction of sp³-hybridized carbons (Fsp3) is 0.154. The van der Waals surface area contributed by atoms with Gasteiger partial charge in [-0.25, -0.2) is 13.1 Å². The highest BCUT2D eigenvalue weighted by molar-refractivity contribution is 9.10. The van der Waals surface area contributed by atoms with E-state index in [1.807, 2.05) is 72.8 Å². The van der Waals surface area contributed by atoms with Crippen molar-refractivity contribution >= 4 is 53.3 Å². The normalized spacial score (nSPS) is 18.8. The van der Waals surface area contributed by atoms with Gasteiger partial charge in [0.1, 0.15) is 30.1 Å². The Balaban J connectivity index is 1.69. The number of para-hydroxylation sites is 1. The van der Waals surface area contributed by atoms with Gasteiger partial charge in [0, 0.05) is 26.3 Å². The molecule has 2 atom stereocenters. The van der Waals surface area contributed by atoms with E-state index in [1.165, 1.54) is 12.6 Å². The van der Waals surface area contributed by atoms with E-state index in [9.17, 15) is 8.42 Å². The second-order valence-corrected chi connectivity index (χ2v) is 12.7. The van der Waals surface area contributed by atoms with Crippen LogP contribution in [0.3, 0.4) is 0 Å². The standard InChI is InChI=1S/C26H20Br2N4O3S/c1-36(33,34)15-31-24-20-4-2-3-5-21(20)35-25(17-8-12-19(28)13-9-17)22(24)23(32-26(31)29-14-30-32)16-6-10-18(27)11-7-16/h2-14,23,25H,15H2,1H3. The summed E-state index contributed by atoms with van der Waals surface area (Å²) in [6.45, 7) is 0. The lowest BCUT2D eigenvalue weighted by atomic mass is 9.84. The Hall–Kier alpha value is -2.95. The maximum absolute atomic E-state index is 12.6. The summed E-state index contributed by atoms with van der Waals surface area (Å²) >= 11 is 7.05. The molecule has 6 rings (SSSR count). The molecule has 2 aliphatic heterocycles. The minimum atomic E-state index is -3.42. The summed E-state index contributed by atoms with van der Waals surface area (Å²) in [6, 6.07) is 23.4. The quantitative estimate of drug-likeness (QED) is 0.286. The summed E-state index contributed by atoms with van der Waals surface area (Å²) in [5.74, 6) is 0.919. The smallest absolute Gasteiger partial charge is 0.230 e. The molecule has 3 aromatic carbocycles. The molecule has 0 saturated heterocycles. The first-order valence-electron chi connectivity index (χ1n) is 11.2. The highest BCUT2D eigenvalue weighted by Crippen LogP contribution is 2.52. The molecule has 0 radical (unpaired) electrons. The van der Waals surface area contributed by atoms with E-state index < -0.39 is 15.9 Å². The number of sulfone groups is 1. The SMILES string of the molecule is CS(=O)(=O)CN1C2=C(C(c3ccc(Br)cc3)Oc3ccccc32)C(c2ccc(Br)cc2)n2ncnc21. The van der Waals surface area contributed by atoms with E-state index in [0.29, 0.717) is 11.7 Å². The van der Waals surface area contributed by atoms with Gasteiger partial charge in [0.25, 0.3) is 0 Å². The maximum atomic E-state index is 12.6. The second-order valence-electron chi connectivity index (χ2n) is 8.79. The summed E-state index contributed by atoms with van der Waals surface area (Å²) in [6.07, 6.45) is 2.22. The van der Waals surface area contributed by atoms with Gasteiger partial charge in [-0.15, -0.1) is 0 Å². The molecule has 182 valence electrons. The maximum Gasteiger partial charge on any atom is 0.230 e. The third-order valence-electron chi connectivity index (χ3n) is 6.27. The molecule has 10 heteroatoms. The van der Waals surface area contributed by atoms with Crippen molar-refractivity contribution in [2.75, 3.05) is 17.0 Å². The number of halogens is 2. The van der Waals surface area contributed by atoms with Crippen molar-refractivity contribution in [2.24, 2.45) is 0 Å². The number of aromatic nitrogens is 3. The average molecular weight is 628 g/mol. The molecule has 0 saturated carbocycles. The lowest BCUT2D eigenvalue weighted by molar-refractivity contribution is 0.222. The summed E-state index contributed by atoms with van der Waals surface area (Å²) in [5, 5.41) is 4.57. The van der Waals surface area contributed by atoms with E-state index in [2.05, 4.69) is 41.9 Å². The molecule has 2 aliphatic rings. The van der Waals surface area contributed by atoms with Gasteiger partial charge in [-0.1, -0.05) is 68.3 Å². The Bertz CT molecular complexity index is 1600. The number of benzene rings is 3. The molecule has 1 aromatic heterocycles. The van der Waals surface area contributed by atoms with Crippen LogP contribution < -0.4 is 9.64 Å². The Morgan fingerprint density at radius 3 is 2.22 bits per heavy atom. The van der Waals surface area contributed by atoms with Crippen LogP contribution in [-0.4, -0.2) is 35.3 Å². The van der Waals surface area contributed by atoms with Crippen LogP contribution >= 0.6 is 31.9 Å². The number of rotatable bonds is 4. The molecule has 3 heterocycles. The van der Waals surface area contributed by atoms with Crippen molar-refractivity contribution in [2.45, 2.75) is 12.1 Å². The van der Waals surface area contributed by atoms with Gasteiger partial charge in [0.15, 0.2) is 9.84 Å².